The number of pyridine rings is 2. The lowest BCUT2D eigenvalue weighted by atomic mass is 9.99. The predicted molar refractivity (Wildman–Crippen MR) is 133 cm³/mol. The Hall–Kier alpha value is -2.81. The van der Waals surface area contributed by atoms with Crippen molar-refractivity contribution in [1.29, 1.82) is 0 Å². The maximum absolute atomic E-state index is 13.8. The second kappa shape index (κ2) is 9.09. The molecule has 34 heavy (non-hydrogen) atoms. The number of aryl methyl sites for hydroxylation is 1. The van der Waals surface area contributed by atoms with Gasteiger partial charge in [0.1, 0.15) is 6.54 Å². The minimum Gasteiger partial charge on any atom is -0.459 e. The standard InChI is InChI=1S/C24H15Cl3N4O2S/c1-13-4-3-7-30-21(13)31(12-17-11-29-24(27)34-17)23(33)19(22(30)32)14-5-2-6-15(8-14)20-18(26)9-16(25)10-28-20/h2-11H,12H2,1H3/p+2. The van der Waals surface area contributed by atoms with Crippen molar-refractivity contribution in [2.24, 2.45) is 0 Å². The lowest BCUT2D eigenvalue weighted by molar-refractivity contribution is -0.838. The molecule has 10 heteroatoms. The van der Waals surface area contributed by atoms with Gasteiger partial charge in [-0.05, 0) is 25.1 Å². The number of quaternary nitrogens is 1. The average molecular weight is 532 g/mol. The number of rotatable bonds is 4. The highest BCUT2D eigenvalue weighted by Gasteiger charge is 2.46. The lowest BCUT2D eigenvalue weighted by Crippen LogP contribution is -3.11. The van der Waals surface area contributed by atoms with Crippen LogP contribution in [0.15, 0.2) is 61.1 Å². The van der Waals surface area contributed by atoms with Gasteiger partial charge in [-0.15, -0.1) is 11.3 Å². The Morgan fingerprint density at radius 1 is 1.06 bits per heavy atom. The van der Waals surface area contributed by atoms with Crippen molar-refractivity contribution in [1.82, 2.24) is 9.97 Å². The number of carbonyl (C=O) groups is 1. The van der Waals surface area contributed by atoms with Crippen LogP contribution in [0.1, 0.15) is 16.0 Å². The number of amides is 1. The first-order valence-electron chi connectivity index (χ1n) is 10.2. The largest absolute Gasteiger partial charge is 0.459 e. The van der Waals surface area contributed by atoms with Gasteiger partial charge in [-0.25, -0.2) is 9.78 Å². The molecule has 0 fully saturated rings. The SMILES string of the molecule is Cc1ccc[n+]2c1[NH+](Cc1cnc(Cl)s1)C(=O)C(c1cccc(-c3ncc(Cl)cc3Cl)c1)=C2O. The molecule has 0 aliphatic carbocycles. The van der Waals surface area contributed by atoms with E-state index in [9.17, 15) is 9.90 Å². The van der Waals surface area contributed by atoms with Gasteiger partial charge in [-0.1, -0.05) is 57.6 Å². The molecule has 3 aromatic heterocycles. The van der Waals surface area contributed by atoms with Crippen molar-refractivity contribution >= 4 is 69.3 Å². The normalized spacial score (nSPS) is 15.5. The van der Waals surface area contributed by atoms with Gasteiger partial charge in [0.05, 0.1) is 26.2 Å². The number of benzene rings is 1. The summed E-state index contributed by atoms with van der Waals surface area (Å²) in [6.07, 6.45) is 4.92. The Balaban J connectivity index is 1.65. The van der Waals surface area contributed by atoms with Crippen LogP contribution in [0.5, 0.6) is 0 Å². The number of thiazole rings is 1. The van der Waals surface area contributed by atoms with E-state index in [-0.39, 0.29) is 17.4 Å². The van der Waals surface area contributed by atoms with Crippen molar-refractivity contribution in [3.05, 3.63) is 91.6 Å². The quantitative estimate of drug-likeness (QED) is 0.368. The monoisotopic (exact) mass is 530 g/mol. The van der Waals surface area contributed by atoms with Gasteiger partial charge >= 0.3 is 17.6 Å². The van der Waals surface area contributed by atoms with E-state index in [2.05, 4.69) is 9.97 Å². The number of halogens is 3. The van der Waals surface area contributed by atoms with Crippen LogP contribution >= 0.6 is 46.1 Å². The summed E-state index contributed by atoms with van der Waals surface area (Å²) in [5.41, 5.74) is 2.85. The predicted octanol–water partition coefficient (Wildman–Crippen LogP) is 4.90. The molecule has 5 rings (SSSR count). The summed E-state index contributed by atoms with van der Waals surface area (Å²) in [4.78, 5) is 23.7. The Labute approximate surface area is 214 Å². The highest BCUT2D eigenvalue weighted by Crippen LogP contribution is 2.31. The highest BCUT2D eigenvalue weighted by atomic mass is 35.5. The van der Waals surface area contributed by atoms with E-state index in [1.807, 2.05) is 25.1 Å². The van der Waals surface area contributed by atoms with Crippen LogP contribution in [-0.4, -0.2) is 21.0 Å². The van der Waals surface area contributed by atoms with E-state index in [0.717, 1.165) is 10.4 Å². The molecule has 0 bridgehead atoms. The molecule has 1 unspecified atom stereocenters. The number of aliphatic hydroxyl groups excluding tert-OH is 1. The molecule has 6 nitrogen and oxygen atoms in total. The fourth-order valence-electron chi connectivity index (χ4n) is 4.07. The highest BCUT2D eigenvalue weighted by molar-refractivity contribution is 7.15. The first-order chi connectivity index (χ1) is 16.3. The molecule has 0 spiro atoms. The molecule has 0 saturated heterocycles. The number of aromatic nitrogens is 3. The first kappa shape index (κ1) is 23.0. The molecular weight excluding hydrogens is 515 g/mol. The summed E-state index contributed by atoms with van der Waals surface area (Å²) in [5.74, 6) is 0.266. The Morgan fingerprint density at radius 3 is 2.59 bits per heavy atom. The Bertz CT molecular complexity index is 1480. The summed E-state index contributed by atoms with van der Waals surface area (Å²) in [7, 11) is 0. The van der Waals surface area contributed by atoms with Crippen LogP contribution in [0.3, 0.4) is 0 Å². The summed E-state index contributed by atoms with van der Waals surface area (Å²) >= 11 is 19.7. The number of hydrogen-bond donors (Lipinski definition) is 2. The molecule has 0 saturated carbocycles. The van der Waals surface area contributed by atoms with Crippen molar-refractivity contribution < 1.29 is 19.4 Å². The number of carbonyl (C=O) groups excluding carboxylic acids is 1. The van der Waals surface area contributed by atoms with Gasteiger partial charge in [-0.2, -0.15) is 4.90 Å². The summed E-state index contributed by atoms with van der Waals surface area (Å²) in [6.45, 7) is 2.25. The number of nitrogens with zero attached hydrogens (tertiary/aromatic N) is 3. The first-order valence-corrected chi connectivity index (χ1v) is 12.2. The number of hydrogen-bond acceptors (Lipinski definition) is 5. The molecule has 1 aliphatic heterocycles. The molecule has 1 amide bonds. The van der Waals surface area contributed by atoms with Crippen LogP contribution in [0.25, 0.3) is 22.7 Å². The summed E-state index contributed by atoms with van der Waals surface area (Å²) in [6, 6.07) is 12.5. The Morgan fingerprint density at radius 2 is 1.85 bits per heavy atom. The third-order valence-corrected chi connectivity index (χ3v) is 7.15. The van der Waals surface area contributed by atoms with Crippen LogP contribution in [0.2, 0.25) is 14.5 Å². The van der Waals surface area contributed by atoms with Crippen LogP contribution < -0.4 is 9.47 Å². The lowest BCUT2D eigenvalue weighted by Gasteiger charge is -2.20. The minimum absolute atomic E-state index is 0.137. The van der Waals surface area contributed by atoms with E-state index in [4.69, 9.17) is 34.8 Å². The van der Waals surface area contributed by atoms with Gasteiger partial charge in [0.15, 0.2) is 16.2 Å². The van der Waals surface area contributed by atoms with Gasteiger partial charge in [0.25, 0.3) is 0 Å². The Kier molecular flexibility index (Phi) is 6.14. The van der Waals surface area contributed by atoms with E-state index >= 15 is 0 Å². The molecule has 1 aliphatic rings. The third kappa shape index (κ3) is 4.10. The smallest absolute Gasteiger partial charge is 0.393 e. The summed E-state index contributed by atoms with van der Waals surface area (Å²) in [5, 5.41) is 12.0. The van der Waals surface area contributed by atoms with E-state index in [0.29, 0.717) is 48.6 Å². The van der Waals surface area contributed by atoms with Gasteiger partial charge in [-0.3, -0.25) is 4.98 Å². The fourth-order valence-corrected chi connectivity index (χ4v) is 5.55. The molecule has 4 aromatic rings. The zero-order valence-electron chi connectivity index (χ0n) is 17.7. The van der Waals surface area contributed by atoms with Crippen LogP contribution in [-0.2, 0) is 11.3 Å². The van der Waals surface area contributed by atoms with Gasteiger partial charge in [0, 0.05) is 29.6 Å². The molecule has 2 N–H and O–H groups in total. The van der Waals surface area contributed by atoms with Crippen molar-refractivity contribution in [2.45, 2.75) is 13.5 Å². The number of nitrogens with one attached hydrogen (secondary N) is 1. The van der Waals surface area contributed by atoms with E-state index < -0.39 is 0 Å². The van der Waals surface area contributed by atoms with Crippen molar-refractivity contribution in [2.75, 3.05) is 0 Å². The van der Waals surface area contributed by atoms with Crippen LogP contribution in [0.4, 0.5) is 5.82 Å². The van der Waals surface area contributed by atoms with Crippen molar-refractivity contribution in [3.8, 4) is 11.3 Å². The van der Waals surface area contributed by atoms with Crippen molar-refractivity contribution in [3.63, 3.8) is 0 Å². The second-order valence-corrected chi connectivity index (χ2v) is 10.3. The maximum atomic E-state index is 13.8. The third-order valence-electron chi connectivity index (χ3n) is 5.54. The minimum atomic E-state index is -0.261. The fraction of sp³-hybridized carbons (Fsp3) is 0.0833. The van der Waals surface area contributed by atoms with Crippen LogP contribution in [0, 0.1) is 6.92 Å². The molecule has 0 radical (unpaired) electrons. The molecular formula is C24H17Cl3N4O2S+2. The number of aliphatic hydroxyl groups is 1. The maximum Gasteiger partial charge on any atom is 0.393 e. The molecule has 4 heterocycles. The average Bonchev–Trinajstić information content (AvgIpc) is 3.22. The zero-order valence-corrected chi connectivity index (χ0v) is 20.8. The summed E-state index contributed by atoms with van der Waals surface area (Å²) < 4.78 is 2.06. The van der Waals surface area contributed by atoms with Gasteiger partial charge < -0.3 is 5.11 Å². The number of fused-ring (bicyclic) bond motifs is 1. The van der Waals surface area contributed by atoms with E-state index in [1.165, 1.54) is 17.5 Å². The molecule has 1 atom stereocenters. The molecule has 1 aromatic carbocycles. The molecule has 170 valence electrons. The van der Waals surface area contributed by atoms with E-state index in [1.54, 1.807) is 41.2 Å². The second-order valence-electron chi connectivity index (χ2n) is 7.74. The van der Waals surface area contributed by atoms with Gasteiger partial charge in [0.2, 0.25) is 0 Å². The topological polar surface area (TPSA) is 71.4 Å². The zero-order chi connectivity index (χ0) is 24.0.